The number of amides is 1. The fourth-order valence-electron chi connectivity index (χ4n) is 2.70. The number of nitrogens with one attached hydrogen (secondary N) is 1. The molecule has 1 heterocycles. The van der Waals surface area contributed by atoms with Crippen molar-refractivity contribution in [2.24, 2.45) is 5.73 Å². The van der Waals surface area contributed by atoms with Gasteiger partial charge in [0.1, 0.15) is 0 Å². The SMILES string of the molecule is NC1CCC(NC(=O)C=Cc2ccc3c(c2)OCO3)CC1. The molecule has 1 aliphatic heterocycles. The van der Waals surface area contributed by atoms with Crippen LogP contribution in [0.1, 0.15) is 31.2 Å². The van der Waals surface area contributed by atoms with Gasteiger partial charge in [0.25, 0.3) is 0 Å². The molecule has 0 bridgehead atoms. The Morgan fingerprint density at radius 1 is 1.19 bits per heavy atom. The van der Waals surface area contributed by atoms with Crippen molar-refractivity contribution in [2.75, 3.05) is 6.79 Å². The third-order valence-corrected chi connectivity index (χ3v) is 3.94. The summed E-state index contributed by atoms with van der Waals surface area (Å²) >= 11 is 0. The summed E-state index contributed by atoms with van der Waals surface area (Å²) in [5.74, 6) is 1.40. The van der Waals surface area contributed by atoms with Crippen LogP contribution >= 0.6 is 0 Å². The molecule has 0 radical (unpaired) electrons. The van der Waals surface area contributed by atoms with Gasteiger partial charge in [-0.3, -0.25) is 4.79 Å². The Hall–Kier alpha value is -2.01. The molecule has 3 N–H and O–H groups in total. The van der Waals surface area contributed by atoms with E-state index in [1.807, 2.05) is 18.2 Å². The van der Waals surface area contributed by atoms with Gasteiger partial charge in [-0.1, -0.05) is 6.07 Å². The van der Waals surface area contributed by atoms with E-state index in [2.05, 4.69) is 5.32 Å². The summed E-state index contributed by atoms with van der Waals surface area (Å²) in [6.45, 7) is 0.257. The third-order valence-electron chi connectivity index (χ3n) is 3.94. The lowest BCUT2D eigenvalue weighted by atomic mass is 9.92. The molecule has 21 heavy (non-hydrogen) atoms. The Morgan fingerprint density at radius 2 is 1.95 bits per heavy atom. The number of ether oxygens (including phenoxy) is 2. The monoisotopic (exact) mass is 288 g/mol. The molecule has 1 aliphatic carbocycles. The van der Waals surface area contributed by atoms with Crippen LogP contribution in [0.25, 0.3) is 6.08 Å². The number of hydrogen-bond donors (Lipinski definition) is 2. The van der Waals surface area contributed by atoms with Crippen molar-refractivity contribution in [1.82, 2.24) is 5.32 Å². The molecule has 1 saturated carbocycles. The summed E-state index contributed by atoms with van der Waals surface area (Å²) < 4.78 is 10.6. The van der Waals surface area contributed by atoms with Crippen LogP contribution in [0, 0.1) is 0 Å². The quantitative estimate of drug-likeness (QED) is 0.832. The average molecular weight is 288 g/mol. The second-order valence-corrected chi connectivity index (χ2v) is 5.57. The Labute approximate surface area is 124 Å². The molecule has 1 aromatic carbocycles. The van der Waals surface area contributed by atoms with E-state index in [1.165, 1.54) is 0 Å². The van der Waals surface area contributed by atoms with Crippen LogP contribution in [0.3, 0.4) is 0 Å². The van der Waals surface area contributed by atoms with Crippen molar-refractivity contribution < 1.29 is 14.3 Å². The molecule has 0 aromatic heterocycles. The lowest BCUT2D eigenvalue weighted by Gasteiger charge is -2.26. The van der Waals surface area contributed by atoms with Crippen LogP contribution < -0.4 is 20.5 Å². The molecule has 2 aliphatic rings. The maximum absolute atomic E-state index is 11.9. The number of rotatable bonds is 3. The minimum Gasteiger partial charge on any atom is -0.454 e. The molecule has 5 heteroatoms. The van der Waals surface area contributed by atoms with Gasteiger partial charge in [-0.25, -0.2) is 0 Å². The van der Waals surface area contributed by atoms with E-state index in [-0.39, 0.29) is 18.7 Å². The van der Waals surface area contributed by atoms with Gasteiger partial charge in [-0.05, 0) is 49.5 Å². The predicted molar refractivity (Wildman–Crippen MR) is 80.0 cm³/mol. The zero-order chi connectivity index (χ0) is 14.7. The fourth-order valence-corrected chi connectivity index (χ4v) is 2.70. The Kier molecular flexibility index (Phi) is 4.10. The van der Waals surface area contributed by atoms with Gasteiger partial charge in [-0.15, -0.1) is 0 Å². The first-order valence-corrected chi connectivity index (χ1v) is 7.34. The molecule has 3 rings (SSSR count). The maximum atomic E-state index is 11.9. The van der Waals surface area contributed by atoms with Crippen LogP contribution in [0.4, 0.5) is 0 Å². The summed E-state index contributed by atoms with van der Waals surface area (Å²) in [7, 11) is 0. The predicted octanol–water partition coefficient (Wildman–Crippen LogP) is 1.81. The number of fused-ring (bicyclic) bond motifs is 1. The van der Waals surface area contributed by atoms with Gasteiger partial charge in [0, 0.05) is 18.2 Å². The lowest BCUT2D eigenvalue weighted by molar-refractivity contribution is -0.117. The normalized spacial score (nSPS) is 24.2. The van der Waals surface area contributed by atoms with Crippen LogP contribution in [-0.4, -0.2) is 24.8 Å². The molecular formula is C16H20N2O3. The van der Waals surface area contributed by atoms with E-state index < -0.39 is 0 Å². The van der Waals surface area contributed by atoms with Crippen LogP contribution in [-0.2, 0) is 4.79 Å². The third kappa shape index (κ3) is 3.55. The Balaban J connectivity index is 1.54. The van der Waals surface area contributed by atoms with E-state index in [9.17, 15) is 4.79 Å². The van der Waals surface area contributed by atoms with Gasteiger partial charge in [0.15, 0.2) is 11.5 Å². The van der Waals surface area contributed by atoms with E-state index in [0.29, 0.717) is 6.04 Å². The zero-order valence-electron chi connectivity index (χ0n) is 11.9. The van der Waals surface area contributed by atoms with Crippen molar-refractivity contribution in [3.05, 3.63) is 29.8 Å². The average Bonchev–Trinajstić information content (AvgIpc) is 2.95. The van der Waals surface area contributed by atoms with Crippen molar-refractivity contribution >= 4 is 12.0 Å². The van der Waals surface area contributed by atoms with Crippen LogP contribution in [0.2, 0.25) is 0 Å². The summed E-state index contributed by atoms with van der Waals surface area (Å²) in [6, 6.07) is 6.16. The van der Waals surface area contributed by atoms with Crippen LogP contribution in [0.5, 0.6) is 11.5 Å². The number of benzene rings is 1. The first-order valence-electron chi connectivity index (χ1n) is 7.34. The number of hydrogen-bond acceptors (Lipinski definition) is 4. The molecule has 0 unspecified atom stereocenters. The second kappa shape index (κ2) is 6.18. The molecule has 1 aromatic rings. The Bertz CT molecular complexity index is 548. The van der Waals surface area contributed by atoms with Crippen molar-refractivity contribution in [1.29, 1.82) is 0 Å². The molecule has 1 amide bonds. The number of carbonyl (C=O) groups is 1. The van der Waals surface area contributed by atoms with Gasteiger partial charge in [-0.2, -0.15) is 0 Å². The van der Waals surface area contributed by atoms with Crippen molar-refractivity contribution in [2.45, 2.75) is 37.8 Å². The van der Waals surface area contributed by atoms with E-state index in [0.717, 1.165) is 42.7 Å². The van der Waals surface area contributed by atoms with Gasteiger partial charge in [0.2, 0.25) is 12.7 Å². The Morgan fingerprint density at radius 3 is 2.76 bits per heavy atom. The largest absolute Gasteiger partial charge is 0.454 e. The molecular weight excluding hydrogens is 268 g/mol. The highest BCUT2D eigenvalue weighted by Crippen LogP contribution is 2.32. The molecule has 0 saturated heterocycles. The van der Waals surface area contributed by atoms with E-state index in [4.69, 9.17) is 15.2 Å². The van der Waals surface area contributed by atoms with Gasteiger partial charge < -0.3 is 20.5 Å². The minimum atomic E-state index is -0.0619. The lowest BCUT2D eigenvalue weighted by Crippen LogP contribution is -2.39. The summed E-state index contributed by atoms with van der Waals surface area (Å²) in [6.07, 6.45) is 7.24. The number of nitrogens with two attached hydrogens (primary N) is 1. The smallest absolute Gasteiger partial charge is 0.244 e. The molecule has 5 nitrogen and oxygen atoms in total. The topological polar surface area (TPSA) is 73.6 Å². The molecule has 0 atom stereocenters. The number of carbonyl (C=O) groups excluding carboxylic acids is 1. The second-order valence-electron chi connectivity index (χ2n) is 5.57. The highest BCUT2D eigenvalue weighted by atomic mass is 16.7. The van der Waals surface area contributed by atoms with Crippen LogP contribution in [0.15, 0.2) is 24.3 Å². The molecule has 1 fully saturated rings. The van der Waals surface area contributed by atoms with E-state index >= 15 is 0 Å². The maximum Gasteiger partial charge on any atom is 0.244 e. The van der Waals surface area contributed by atoms with E-state index in [1.54, 1.807) is 12.2 Å². The van der Waals surface area contributed by atoms with Crippen molar-refractivity contribution in [3.63, 3.8) is 0 Å². The van der Waals surface area contributed by atoms with Gasteiger partial charge in [0.05, 0.1) is 0 Å². The highest BCUT2D eigenvalue weighted by molar-refractivity contribution is 5.92. The first kappa shape index (κ1) is 13.9. The molecule has 0 spiro atoms. The fraction of sp³-hybridized carbons (Fsp3) is 0.438. The first-order chi connectivity index (χ1) is 10.2. The summed E-state index contributed by atoms with van der Waals surface area (Å²) in [5, 5.41) is 3.02. The standard InChI is InChI=1S/C16H20N2O3/c17-12-3-5-13(6-4-12)18-16(19)8-2-11-1-7-14-15(9-11)21-10-20-14/h1-2,7-9,12-13H,3-6,10,17H2,(H,18,19). The zero-order valence-corrected chi connectivity index (χ0v) is 11.9. The molecule has 112 valence electrons. The minimum absolute atomic E-state index is 0.0619. The van der Waals surface area contributed by atoms with Crippen molar-refractivity contribution in [3.8, 4) is 11.5 Å². The van der Waals surface area contributed by atoms with Gasteiger partial charge >= 0.3 is 0 Å². The summed E-state index contributed by atoms with van der Waals surface area (Å²) in [4.78, 5) is 11.9. The highest BCUT2D eigenvalue weighted by Gasteiger charge is 2.19. The summed E-state index contributed by atoms with van der Waals surface area (Å²) in [5.41, 5.74) is 6.78.